The molecular formula is C23H19FN8O3. The third-order valence-corrected chi connectivity index (χ3v) is 5.67. The summed E-state index contributed by atoms with van der Waals surface area (Å²) in [4.78, 5) is 28.8. The van der Waals surface area contributed by atoms with Gasteiger partial charge in [0.15, 0.2) is 29.2 Å². The van der Waals surface area contributed by atoms with Crippen LogP contribution in [-0.4, -0.2) is 40.9 Å². The number of ether oxygens (including phenoxy) is 2. The second kappa shape index (κ2) is 8.33. The van der Waals surface area contributed by atoms with E-state index >= 15 is 0 Å². The molecule has 1 aromatic carbocycles. The zero-order valence-corrected chi connectivity index (χ0v) is 18.4. The Morgan fingerprint density at radius 3 is 2.83 bits per heavy atom. The van der Waals surface area contributed by atoms with Crippen molar-refractivity contribution in [3.8, 4) is 17.2 Å². The molecule has 0 aliphatic carbocycles. The summed E-state index contributed by atoms with van der Waals surface area (Å²) in [7, 11) is 0. The molecule has 35 heavy (non-hydrogen) atoms. The van der Waals surface area contributed by atoms with Crippen LogP contribution in [0.2, 0.25) is 0 Å². The summed E-state index contributed by atoms with van der Waals surface area (Å²) in [5.41, 5.74) is 3.54. The lowest BCUT2D eigenvalue weighted by molar-refractivity contribution is 0.385. The van der Waals surface area contributed by atoms with Crippen LogP contribution in [0.5, 0.6) is 11.5 Å². The Balaban J connectivity index is 1.17. The largest absolute Gasteiger partial charge is 0.452 e. The number of hydrogen-bond acceptors (Lipinski definition) is 8. The zero-order chi connectivity index (χ0) is 23.9. The van der Waals surface area contributed by atoms with E-state index < -0.39 is 11.5 Å². The van der Waals surface area contributed by atoms with E-state index in [4.69, 9.17) is 9.47 Å². The Hall–Kier alpha value is -4.58. The van der Waals surface area contributed by atoms with E-state index in [9.17, 15) is 9.18 Å². The van der Waals surface area contributed by atoms with Crippen LogP contribution in [0.25, 0.3) is 16.9 Å². The van der Waals surface area contributed by atoms with Gasteiger partial charge in [0.2, 0.25) is 0 Å². The molecule has 4 aromatic heterocycles. The van der Waals surface area contributed by atoms with Gasteiger partial charge in [-0.15, -0.1) is 0 Å². The maximum Gasteiger partial charge on any atom is 0.325 e. The minimum Gasteiger partial charge on any atom is -0.452 e. The van der Waals surface area contributed by atoms with Crippen molar-refractivity contribution in [2.75, 3.05) is 5.32 Å². The number of rotatable bonds is 7. The highest BCUT2D eigenvalue weighted by Crippen LogP contribution is 2.41. The predicted octanol–water partition coefficient (Wildman–Crippen LogP) is 3.23. The molecule has 1 aliphatic rings. The van der Waals surface area contributed by atoms with Gasteiger partial charge in [0.25, 0.3) is 0 Å². The number of fused-ring (bicyclic) bond motifs is 1. The summed E-state index contributed by atoms with van der Waals surface area (Å²) in [5, 5.41) is 7.66. The lowest BCUT2D eigenvalue weighted by Crippen LogP contribution is -2.07. The molecule has 1 aliphatic heterocycles. The van der Waals surface area contributed by atoms with E-state index in [0.29, 0.717) is 16.9 Å². The Kier molecular flexibility index (Phi) is 4.99. The quantitative estimate of drug-likeness (QED) is 0.306. The molecule has 0 radical (unpaired) electrons. The molecule has 0 saturated carbocycles. The van der Waals surface area contributed by atoms with Crippen molar-refractivity contribution in [1.29, 1.82) is 0 Å². The first-order valence-corrected chi connectivity index (χ1v) is 10.9. The second-order valence-corrected chi connectivity index (χ2v) is 7.89. The van der Waals surface area contributed by atoms with Crippen LogP contribution in [0.15, 0.2) is 60.2 Å². The Morgan fingerprint density at radius 2 is 2.03 bits per heavy atom. The SMILES string of the molecule is CCc1c(C2OC2Nc2ccc(Oc3ccnc4[nH]c(=O)[nH]c34)c(F)c2)cnn1-c1cncnc1. The molecule has 1 saturated heterocycles. The molecule has 0 bridgehead atoms. The Bertz CT molecular complexity index is 1580. The fourth-order valence-corrected chi connectivity index (χ4v) is 4.01. The number of nitrogens with zero attached hydrogens (tertiary/aromatic N) is 5. The van der Waals surface area contributed by atoms with Crippen molar-refractivity contribution in [3.63, 3.8) is 0 Å². The number of anilines is 1. The average molecular weight is 474 g/mol. The van der Waals surface area contributed by atoms with Gasteiger partial charge >= 0.3 is 5.69 Å². The number of hydrogen-bond donors (Lipinski definition) is 3. The number of imidazole rings is 1. The van der Waals surface area contributed by atoms with Crippen molar-refractivity contribution in [3.05, 3.63) is 82.9 Å². The topological polar surface area (TPSA) is 139 Å². The van der Waals surface area contributed by atoms with Gasteiger partial charge in [0.05, 0.1) is 24.3 Å². The van der Waals surface area contributed by atoms with E-state index in [2.05, 4.69) is 35.3 Å². The van der Waals surface area contributed by atoms with Crippen LogP contribution >= 0.6 is 0 Å². The van der Waals surface area contributed by atoms with Gasteiger partial charge < -0.3 is 19.8 Å². The number of benzene rings is 1. The fourth-order valence-electron chi connectivity index (χ4n) is 4.01. The van der Waals surface area contributed by atoms with Gasteiger partial charge in [-0.2, -0.15) is 5.10 Å². The molecule has 11 nitrogen and oxygen atoms in total. The Morgan fingerprint density at radius 1 is 1.17 bits per heavy atom. The molecule has 3 N–H and O–H groups in total. The van der Waals surface area contributed by atoms with Gasteiger partial charge in [-0.25, -0.2) is 28.8 Å². The molecule has 5 aromatic rings. The molecular weight excluding hydrogens is 455 g/mol. The Labute approximate surface area is 197 Å². The molecule has 12 heteroatoms. The number of pyridine rings is 1. The van der Waals surface area contributed by atoms with Crippen LogP contribution < -0.4 is 15.7 Å². The number of H-pyrrole nitrogens is 2. The number of aromatic nitrogens is 7. The number of aromatic amines is 2. The van der Waals surface area contributed by atoms with Gasteiger partial charge in [0.1, 0.15) is 23.6 Å². The highest BCUT2D eigenvalue weighted by atomic mass is 19.1. The summed E-state index contributed by atoms with van der Waals surface area (Å²) < 4.78 is 28.1. The maximum absolute atomic E-state index is 14.8. The lowest BCUT2D eigenvalue weighted by atomic mass is 10.1. The number of halogens is 1. The molecule has 5 heterocycles. The number of nitrogens with one attached hydrogen (secondary N) is 3. The molecule has 0 amide bonds. The summed E-state index contributed by atoms with van der Waals surface area (Å²) in [6.07, 6.45) is 8.32. The summed E-state index contributed by atoms with van der Waals surface area (Å²) in [6.45, 7) is 2.04. The standard InChI is InChI=1S/C23H19FN8O3/c1-2-16-14(10-28-32(16)13-8-25-11-26-9-13)20-22(35-20)29-12-3-4-17(15(24)7-12)34-18-5-6-27-21-19(18)30-23(33)31-21/h3-11,20,22,29H,2H2,1H3,(H2,27,30,31,33). The van der Waals surface area contributed by atoms with Gasteiger partial charge in [0, 0.05) is 29.6 Å². The van der Waals surface area contributed by atoms with Crippen molar-refractivity contribution in [2.24, 2.45) is 0 Å². The summed E-state index contributed by atoms with van der Waals surface area (Å²) in [5.74, 6) is -0.273. The molecule has 176 valence electrons. The zero-order valence-electron chi connectivity index (χ0n) is 18.4. The van der Waals surface area contributed by atoms with Crippen molar-refractivity contribution < 1.29 is 13.9 Å². The first-order chi connectivity index (χ1) is 17.1. The third-order valence-electron chi connectivity index (χ3n) is 5.67. The second-order valence-electron chi connectivity index (χ2n) is 7.89. The summed E-state index contributed by atoms with van der Waals surface area (Å²) in [6, 6.07) is 6.09. The lowest BCUT2D eigenvalue weighted by Gasteiger charge is -2.09. The first-order valence-electron chi connectivity index (χ1n) is 10.9. The van der Waals surface area contributed by atoms with Crippen molar-refractivity contribution >= 4 is 16.9 Å². The van der Waals surface area contributed by atoms with Crippen LogP contribution in [0.4, 0.5) is 10.1 Å². The molecule has 2 atom stereocenters. The fraction of sp³-hybridized carbons (Fsp3) is 0.174. The van der Waals surface area contributed by atoms with Crippen LogP contribution in [-0.2, 0) is 11.2 Å². The van der Waals surface area contributed by atoms with Crippen LogP contribution in [0.3, 0.4) is 0 Å². The van der Waals surface area contributed by atoms with Gasteiger partial charge in [-0.1, -0.05) is 6.92 Å². The first kappa shape index (κ1) is 21.0. The predicted molar refractivity (Wildman–Crippen MR) is 123 cm³/mol. The minimum absolute atomic E-state index is 0.0120. The normalized spacial score (nSPS) is 17.0. The highest BCUT2D eigenvalue weighted by molar-refractivity contribution is 5.77. The third kappa shape index (κ3) is 3.89. The van der Waals surface area contributed by atoms with E-state index in [-0.39, 0.29) is 23.8 Å². The smallest absolute Gasteiger partial charge is 0.325 e. The number of epoxide rings is 1. The van der Waals surface area contributed by atoms with E-state index in [1.54, 1.807) is 35.4 Å². The molecule has 2 unspecified atom stereocenters. The molecule has 0 spiro atoms. The van der Waals surface area contributed by atoms with Crippen LogP contribution in [0, 0.1) is 5.82 Å². The average Bonchev–Trinajstić information content (AvgIpc) is 3.30. The maximum atomic E-state index is 14.8. The van der Waals surface area contributed by atoms with Gasteiger partial charge in [-0.05, 0) is 18.6 Å². The van der Waals surface area contributed by atoms with E-state index in [0.717, 1.165) is 23.4 Å². The highest BCUT2D eigenvalue weighted by Gasteiger charge is 2.43. The monoisotopic (exact) mass is 474 g/mol. The molecule has 1 fully saturated rings. The van der Waals surface area contributed by atoms with Crippen LogP contribution in [0.1, 0.15) is 24.3 Å². The van der Waals surface area contributed by atoms with Crippen molar-refractivity contribution in [1.82, 2.24) is 34.7 Å². The minimum atomic E-state index is -0.568. The van der Waals surface area contributed by atoms with E-state index in [1.807, 2.05) is 6.92 Å². The van der Waals surface area contributed by atoms with Gasteiger partial charge in [-0.3, -0.25) is 4.98 Å². The van der Waals surface area contributed by atoms with Crippen molar-refractivity contribution in [2.45, 2.75) is 25.7 Å². The van der Waals surface area contributed by atoms with E-state index in [1.165, 1.54) is 24.7 Å². The molecule has 6 rings (SSSR count). The summed E-state index contributed by atoms with van der Waals surface area (Å²) >= 11 is 0.